The molecule has 0 aromatic heterocycles. The molecule has 1 fully saturated rings. The second-order valence-electron chi connectivity index (χ2n) is 12.4. The Morgan fingerprint density at radius 1 is 0.776 bits per heavy atom. The van der Waals surface area contributed by atoms with Gasteiger partial charge in [-0.25, -0.2) is 4.79 Å². The van der Waals surface area contributed by atoms with Crippen LogP contribution in [0.4, 0.5) is 0 Å². The molecule has 0 aromatic carbocycles. The van der Waals surface area contributed by atoms with Gasteiger partial charge >= 0.3 is 17.9 Å². The number of amides is 6. The highest BCUT2D eigenvalue weighted by molar-refractivity contribution is 5.97. The Labute approximate surface area is 283 Å². The Morgan fingerprint density at radius 2 is 1.35 bits per heavy atom. The summed E-state index contributed by atoms with van der Waals surface area (Å²) in [6.07, 6.45) is -1.28. The van der Waals surface area contributed by atoms with Gasteiger partial charge in [0.15, 0.2) is 0 Å². The Kier molecular flexibility index (Phi) is 17.1. The van der Waals surface area contributed by atoms with Crippen molar-refractivity contribution < 1.29 is 58.5 Å². The van der Waals surface area contributed by atoms with Gasteiger partial charge in [-0.2, -0.15) is 0 Å². The van der Waals surface area contributed by atoms with Crippen LogP contribution in [0.15, 0.2) is 0 Å². The monoisotopic (exact) mass is 699 g/mol. The van der Waals surface area contributed by atoms with Gasteiger partial charge in [0.25, 0.3) is 0 Å². The first-order chi connectivity index (χ1) is 22.8. The van der Waals surface area contributed by atoms with Crippen molar-refractivity contribution in [2.45, 2.75) is 115 Å². The van der Waals surface area contributed by atoms with E-state index >= 15 is 0 Å². The first-order valence-corrected chi connectivity index (χ1v) is 16.0. The number of carboxylic acids is 3. The molecule has 11 N–H and O–H groups in total. The van der Waals surface area contributed by atoms with E-state index in [0.29, 0.717) is 12.8 Å². The lowest BCUT2D eigenvalue weighted by Crippen LogP contribution is -2.61. The van der Waals surface area contributed by atoms with Gasteiger partial charge in [-0.1, -0.05) is 34.1 Å². The van der Waals surface area contributed by atoms with E-state index < -0.39 is 121 Å². The molecule has 1 saturated heterocycles. The van der Waals surface area contributed by atoms with Crippen LogP contribution in [0.5, 0.6) is 0 Å². The fourth-order valence-corrected chi connectivity index (χ4v) is 5.09. The van der Waals surface area contributed by atoms with E-state index in [1.807, 2.05) is 0 Å². The van der Waals surface area contributed by atoms with Crippen LogP contribution in [-0.4, -0.2) is 116 Å². The van der Waals surface area contributed by atoms with E-state index in [4.69, 9.17) is 16.6 Å². The number of nitrogens with two attached hydrogens (primary N) is 2. The minimum Gasteiger partial charge on any atom is -0.481 e. The van der Waals surface area contributed by atoms with Crippen LogP contribution >= 0.6 is 0 Å². The average molecular weight is 700 g/mol. The molecule has 7 atom stereocenters. The molecule has 0 unspecified atom stereocenters. The van der Waals surface area contributed by atoms with Gasteiger partial charge in [0.1, 0.15) is 30.2 Å². The second-order valence-corrected chi connectivity index (χ2v) is 12.4. The number of nitrogens with one attached hydrogen (secondary N) is 4. The molecule has 6 amide bonds. The van der Waals surface area contributed by atoms with Gasteiger partial charge in [-0.05, 0) is 37.5 Å². The first-order valence-electron chi connectivity index (χ1n) is 16.0. The largest absolute Gasteiger partial charge is 0.481 e. The Hall–Kier alpha value is -4.81. The van der Waals surface area contributed by atoms with Crippen LogP contribution < -0.4 is 32.7 Å². The third kappa shape index (κ3) is 13.7. The fourth-order valence-electron chi connectivity index (χ4n) is 5.09. The van der Waals surface area contributed by atoms with Crippen molar-refractivity contribution in [3.63, 3.8) is 0 Å². The lowest BCUT2D eigenvalue weighted by atomic mass is 9.95. The van der Waals surface area contributed by atoms with Gasteiger partial charge in [-0.3, -0.25) is 38.4 Å². The SMILES string of the molecule is CC[C@H](C)[C@H](NC(=O)[C@H](CCC(=O)O)NC(=O)[C@@H](N)CCC(=O)O)C(=O)N[C@H](C(=O)N1CCC[C@@H]1C(=O)N[C@@H](CC(N)=O)C(=O)O)C(C)C. The highest BCUT2D eigenvalue weighted by Gasteiger charge is 2.41. The zero-order chi connectivity index (χ0) is 37.6. The third-order valence-corrected chi connectivity index (χ3v) is 8.17. The van der Waals surface area contributed by atoms with Crippen LogP contribution in [0.2, 0.25) is 0 Å². The molecule has 0 aromatic rings. The predicted octanol–water partition coefficient (Wildman–Crippen LogP) is -2.36. The molecule has 1 aliphatic rings. The number of aliphatic carboxylic acids is 3. The molecule has 19 nitrogen and oxygen atoms in total. The van der Waals surface area contributed by atoms with Crippen molar-refractivity contribution in [3.8, 4) is 0 Å². The average Bonchev–Trinajstić information content (AvgIpc) is 3.51. The highest BCUT2D eigenvalue weighted by atomic mass is 16.4. The molecular weight excluding hydrogens is 650 g/mol. The molecule has 276 valence electrons. The van der Waals surface area contributed by atoms with Crippen molar-refractivity contribution in [2.24, 2.45) is 23.3 Å². The Bertz CT molecular complexity index is 1260. The minimum absolute atomic E-state index is 0.120. The lowest BCUT2D eigenvalue weighted by molar-refractivity contribution is -0.146. The summed E-state index contributed by atoms with van der Waals surface area (Å²) in [6.45, 7) is 6.79. The number of hydrogen-bond acceptors (Lipinski definition) is 10. The second kappa shape index (κ2) is 19.9. The summed E-state index contributed by atoms with van der Waals surface area (Å²) in [6, 6.07) is -7.91. The number of nitrogens with zero attached hydrogens (tertiary/aromatic N) is 1. The number of primary amides is 1. The van der Waals surface area contributed by atoms with Crippen LogP contribution in [0, 0.1) is 11.8 Å². The Morgan fingerprint density at radius 3 is 1.86 bits per heavy atom. The molecule has 1 heterocycles. The lowest BCUT2D eigenvalue weighted by Gasteiger charge is -2.33. The molecule has 0 spiro atoms. The smallest absolute Gasteiger partial charge is 0.326 e. The third-order valence-electron chi connectivity index (χ3n) is 8.17. The summed E-state index contributed by atoms with van der Waals surface area (Å²) in [5.74, 6) is -9.97. The van der Waals surface area contributed by atoms with Crippen molar-refractivity contribution in [2.75, 3.05) is 6.54 Å². The van der Waals surface area contributed by atoms with E-state index in [1.165, 1.54) is 4.90 Å². The van der Waals surface area contributed by atoms with E-state index in [-0.39, 0.29) is 25.8 Å². The number of likely N-dealkylation sites (tertiary alicyclic amines) is 1. The maximum Gasteiger partial charge on any atom is 0.326 e. The Balaban J connectivity index is 3.19. The van der Waals surface area contributed by atoms with Crippen molar-refractivity contribution >= 4 is 53.4 Å². The van der Waals surface area contributed by atoms with Crippen LogP contribution in [-0.2, 0) is 43.2 Å². The van der Waals surface area contributed by atoms with Crippen LogP contribution in [0.1, 0.15) is 79.1 Å². The normalized spacial score (nSPS) is 17.8. The van der Waals surface area contributed by atoms with Crippen LogP contribution in [0.3, 0.4) is 0 Å². The quantitative estimate of drug-likeness (QED) is 0.0606. The van der Waals surface area contributed by atoms with Crippen molar-refractivity contribution in [1.29, 1.82) is 0 Å². The molecule has 49 heavy (non-hydrogen) atoms. The van der Waals surface area contributed by atoms with E-state index in [9.17, 15) is 53.4 Å². The zero-order valence-corrected chi connectivity index (χ0v) is 28.1. The van der Waals surface area contributed by atoms with Gasteiger partial charge in [0.2, 0.25) is 35.4 Å². The van der Waals surface area contributed by atoms with Crippen molar-refractivity contribution in [1.82, 2.24) is 26.2 Å². The fraction of sp³-hybridized carbons (Fsp3) is 0.700. The predicted molar refractivity (Wildman–Crippen MR) is 170 cm³/mol. The molecule has 0 saturated carbocycles. The number of hydrogen-bond donors (Lipinski definition) is 9. The number of carbonyl (C=O) groups excluding carboxylic acids is 6. The maximum atomic E-state index is 13.8. The minimum atomic E-state index is -1.60. The number of carboxylic acid groups (broad SMARTS) is 3. The van der Waals surface area contributed by atoms with Gasteiger partial charge in [-0.15, -0.1) is 0 Å². The topological polar surface area (TPSA) is 318 Å². The van der Waals surface area contributed by atoms with E-state index in [1.54, 1.807) is 27.7 Å². The van der Waals surface area contributed by atoms with Gasteiger partial charge in [0, 0.05) is 19.4 Å². The van der Waals surface area contributed by atoms with Gasteiger partial charge in [0.05, 0.1) is 12.5 Å². The van der Waals surface area contributed by atoms with Crippen LogP contribution in [0.25, 0.3) is 0 Å². The zero-order valence-electron chi connectivity index (χ0n) is 28.1. The molecular formula is C30H49N7O12. The molecule has 1 aliphatic heterocycles. The molecule has 0 radical (unpaired) electrons. The van der Waals surface area contributed by atoms with Crippen molar-refractivity contribution in [3.05, 3.63) is 0 Å². The van der Waals surface area contributed by atoms with E-state index in [0.717, 1.165) is 0 Å². The first kappa shape index (κ1) is 42.2. The summed E-state index contributed by atoms with van der Waals surface area (Å²) < 4.78 is 0. The molecule has 0 aliphatic carbocycles. The standard InChI is InChI=1S/C30H49N7O12/c1-5-15(4)24(36-26(44)17(9-11-22(41)42)33-25(43)16(31)8-10-21(39)40)28(46)35-23(14(2)3)29(47)37-12-6-7-19(37)27(45)34-18(30(48)49)13-20(32)38/h14-19,23-24H,5-13,31H2,1-4H3,(H2,32,38)(H,33,43)(H,34,45)(H,35,46)(H,36,44)(H,39,40)(H,41,42)(H,48,49)/t15-,16-,17-,18-,19+,23-,24-/m0/s1. The summed E-state index contributed by atoms with van der Waals surface area (Å²) in [7, 11) is 0. The molecule has 19 heteroatoms. The highest BCUT2D eigenvalue weighted by Crippen LogP contribution is 2.21. The number of carbonyl (C=O) groups is 9. The maximum absolute atomic E-state index is 13.8. The molecule has 0 bridgehead atoms. The summed E-state index contributed by atoms with van der Waals surface area (Å²) in [5.41, 5.74) is 10.8. The van der Waals surface area contributed by atoms with E-state index in [2.05, 4.69) is 21.3 Å². The molecule has 1 rings (SSSR count). The summed E-state index contributed by atoms with van der Waals surface area (Å²) in [4.78, 5) is 113. The summed E-state index contributed by atoms with van der Waals surface area (Å²) in [5, 5.41) is 37.2. The van der Waals surface area contributed by atoms with Gasteiger partial charge < -0.3 is 53.0 Å². The summed E-state index contributed by atoms with van der Waals surface area (Å²) >= 11 is 0. The number of rotatable bonds is 21.